The fraction of sp³-hybridized carbons (Fsp3) is 0. The Morgan fingerprint density at radius 3 is 1.81 bits per heavy atom. The van der Waals surface area contributed by atoms with Gasteiger partial charge in [-0.25, -0.2) is 0 Å². The molecule has 0 aromatic heterocycles. The van der Waals surface area contributed by atoms with Crippen LogP contribution in [-0.4, -0.2) is 12.2 Å². The Kier molecular flexibility index (Phi) is 5.06. The number of benzene rings is 1. The summed E-state index contributed by atoms with van der Waals surface area (Å²) in [4.78, 5) is 9.67. The van der Waals surface area contributed by atoms with Gasteiger partial charge in [0.1, 0.15) is 5.69 Å². The average Bonchev–Trinajstić information content (AvgIpc) is 2.15. The van der Waals surface area contributed by atoms with Crippen LogP contribution in [0.4, 0.5) is 28.6 Å². The Balaban J connectivity index is 0.000000385. The average molecular weight is 239 g/mol. The molecule has 0 heterocycles. The SMILES string of the molecule is F[B-](F)(F)F.[NH2+]=Nc1ccc([N+](=O)[O-])cc1. The second kappa shape index (κ2) is 5.78. The van der Waals surface area contributed by atoms with Crippen LogP contribution >= 0.6 is 0 Å². The van der Waals surface area contributed by atoms with Crippen LogP contribution in [0.5, 0.6) is 0 Å². The molecule has 0 unspecified atom stereocenters. The third kappa shape index (κ3) is 7.41. The Labute approximate surface area is 86.8 Å². The van der Waals surface area contributed by atoms with E-state index in [1.54, 1.807) is 0 Å². The molecule has 0 radical (unpaired) electrons. The number of nitro benzene ring substituents is 1. The molecular weight excluding hydrogens is 233 g/mol. The molecule has 0 saturated heterocycles. The van der Waals surface area contributed by atoms with Gasteiger partial charge < -0.3 is 17.3 Å². The highest BCUT2D eigenvalue weighted by Crippen LogP contribution is 2.16. The smallest absolute Gasteiger partial charge is 0.418 e. The molecule has 2 N–H and O–H groups in total. The Morgan fingerprint density at radius 2 is 1.56 bits per heavy atom. The summed E-state index contributed by atoms with van der Waals surface area (Å²) in [7, 11) is -6.00. The zero-order valence-electron chi connectivity index (χ0n) is 7.69. The standard InChI is InChI=1S/C6H5N3O2.BF4/c7-8-5-1-3-6(4-2-5)9(10)11;2-1(3,4)5/h1-4,7H;/q;-1/p+1. The van der Waals surface area contributed by atoms with Crippen molar-refractivity contribution in [2.45, 2.75) is 0 Å². The summed E-state index contributed by atoms with van der Waals surface area (Å²) in [6.45, 7) is 0. The Morgan fingerprint density at radius 1 is 1.19 bits per heavy atom. The van der Waals surface area contributed by atoms with Crippen LogP contribution in [0.1, 0.15) is 0 Å². The molecule has 0 aliphatic carbocycles. The summed E-state index contributed by atoms with van der Waals surface area (Å²) in [5.74, 6) is 0. The van der Waals surface area contributed by atoms with Gasteiger partial charge in [0, 0.05) is 12.1 Å². The highest BCUT2D eigenvalue weighted by atomic mass is 19.5. The minimum Gasteiger partial charge on any atom is -0.418 e. The van der Waals surface area contributed by atoms with Crippen LogP contribution in [0.3, 0.4) is 0 Å². The predicted octanol–water partition coefficient (Wildman–Crippen LogP) is 1.74. The first-order valence-electron chi connectivity index (χ1n) is 3.76. The number of hydrogen-bond acceptors (Lipinski definition) is 3. The highest BCUT2D eigenvalue weighted by Gasteiger charge is 2.20. The van der Waals surface area contributed by atoms with Gasteiger partial charge in [0.2, 0.25) is 0 Å². The maximum atomic E-state index is 10.1. The number of rotatable bonds is 2. The predicted molar refractivity (Wildman–Crippen MR) is 47.3 cm³/mol. The lowest BCUT2D eigenvalue weighted by Crippen LogP contribution is -2.21. The van der Waals surface area contributed by atoms with E-state index in [2.05, 4.69) is 5.11 Å². The molecule has 1 aromatic carbocycles. The molecule has 0 bridgehead atoms. The van der Waals surface area contributed by atoms with Crippen molar-refractivity contribution in [1.82, 2.24) is 0 Å². The first kappa shape index (κ1) is 14.0. The fourth-order valence-corrected chi connectivity index (χ4v) is 0.660. The number of non-ortho nitro benzene ring substituents is 1. The van der Waals surface area contributed by atoms with Gasteiger partial charge in [-0.15, -0.1) is 0 Å². The van der Waals surface area contributed by atoms with Gasteiger partial charge in [0.05, 0.1) is 4.92 Å². The summed E-state index contributed by atoms with van der Waals surface area (Å²) < 4.78 is 39.0. The molecule has 10 heteroatoms. The molecule has 88 valence electrons. The van der Waals surface area contributed by atoms with E-state index in [4.69, 9.17) is 5.53 Å². The van der Waals surface area contributed by atoms with E-state index in [9.17, 15) is 27.4 Å². The molecule has 0 spiro atoms. The molecule has 0 amide bonds. The maximum Gasteiger partial charge on any atom is 0.673 e. The summed E-state index contributed by atoms with van der Waals surface area (Å²) in [6, 6.07) is 5.67. The normalized spacial score (nSPS) is 10.0. The lowest BCUT2D eigenvalue weighted by molar-refractivity contribution is -0.384. The minimum atomic E-state index is -6.00. The fourth-order valence-electron chi connectivity index (χ4n) is 0.660. The second-order valence-corrected chi connectivity index (χ2v) is 2.40. The van der Waals surface area contributed by atoms with Crippen molar-refractivity contribution < 1.29 is 27.7 Å². The van der Waals surface area contributed by atoms with Gasteiger partial charge in [-0.3, -0.25) is 10.1 Å². The number of halogens is 4. The largest absolute Gasteiger partial charge is 0.673 e. The van der Waals surface area contributed by atoms with Gasteiger partial charge in [-0.1, -0.05) is 0 Å². The monoisotopic (exact) mass is 239 g/mol. The molecule has 1 rings (SSSR count). The van der Waals surface area contributed by atoms with Gasteiger partial charge >= 0.3 is 7.25 Å². The van der Waals surface area contributed by atoms with Crippen LogP contribution in [0.15, 0.2) is 29.4 Å². The molecule has 0 aliphatic rings. The number of nitro groups is 1. The Bertz CT molecular complexity index is 361. The summed E-state index contributed by atoms with van der Waals surface area (Å²) in [5.41, 5.74) is 5.49. The first-order chi connectivity index (χ1) is 7.24. The van der Waals surface area contributed by atoms with Crippen LogP contribution < -0.4 is 5.53 Å². The Hall–Kier alpha value is -2.00. The zero-order valence-corrected chi connectivity index (χ0v) is 7.69. The molecule has 0 atom stereocenters. The van der Waals surface area contributed by atoms with Crippen molar-refractivity contribution in [1.29, 1.82) is 0 Å². The van der Waals surface area contributed by atoms with E-state index in [-0.39, 0.29) is 5.69 Å². The van der Waals surface area contributed by atoms with E-state index in [0.29, 0.717) is 5.69 Å². The third-order valence-electron chi connectivity index (χ3n) is 1.21. The molecule has 16 heavy (non-hydrogen) atoms. The van der Waals surface area contributed by atoms with Crippen molar-refractivity contribution in [2.24, 2.45) is 5.11 Å². The maximum absolute atomic E-state index is 10.1. The van der Waals surface area contributed by atoms with E-state index in [0.717, 1.165) is 0 Å². The molecule has 0 fully saturated rings. The molecule has 0 saturated carbocycles. The zero-order chi connectivity index (χ0) is 12.8. The number of nitrogens with two attached hydrogens (primary N) is 1. The second-order valence-electron chi connectivity index (χ2n) is 2.40. The molecule has 1 aromatic rings. The lowest BCUT2D eigenvalue weighted by atomic mass is 10.3. The van der Waals surface area contributed by atoms with Crippen molar-refractivity contribution in [3.05, 3.63) is 34.4 Å². The van der Waals surface area contributed by atoms with E-state index >= 15 is 0 Å². The quantitative estimate of drug-likeness (QED) is 0.280. The van der Waals surface area contributed by atoms with Crippen LogP contribution in [-0.2, 0) is 0 Å². The third-order valence-corrected chi connectivity index (χ3v) is 1.21. The van der Waals surface area contributed by atoms with Crippen LogP contribution in [0, 0.1) is 10.1 Å². The summed E-state index contributed by atoms with van der Waals surface area (Å²) >= 11 is 0. The van der Waals surface area contributed by atoms with Crippen molar-refractivity contribution in [2.75, 3.05) is 0 Å². The highest BCUT2D eigenvalue weighted by molar-refractivity contribution is 6.50. The lowest BCUT2D eigenvalue weighted by Gasteiger charge is -1.94. The number of hydrogen-bond donors (Lipinski definition) is 1. The van der Waals surface area contributed by atoms with Crippen molar-refractivity contribution >= 4 is 18.6 Å². The van der Waals surface area contributed by atoms with E-state index in [1.165, 1.54) is 24.3 Å². The molecule has 5 nitrogen and oxygen atoms in total. The molecular formula is C6H6BF4N3O2. The first-order valence-corrected chi connectivity index (χ1v) is 3.76. The molecule has 0 aliphatic heterocycles. The van der Waals surface area contributed by atoms with Crippen molar-refractivity contribution in [3.8, 4) is 0 Å². The van der Waals surface area contributed by atoms with Crippen LogP contribution in [0.2, 0.25) is 0 Å². The van der Waals surface area contributed by atoms with Gasteiger partial charge in [-0.2, -0.15) is 5.53 Å². The van der Waals surface area contributed by atoms with E-state index in [1.807, 2.05) is 0 Å². The van der Waals surface area contributed by atoms with Gasteiger partial charge in [-0.05, 0) is 17.2 Å². The summed E-state index contributed by atoms with van der Waals surface area (Å²) in [6.07, 6.45) is 0. The van der Waals surface area contributed by atoms with Gasteiger partial charge in [0.15, 0.2) is 0 Å². The van der Waals surface area contributed by atoms with Gasteiger partial charge in [0.25, 0.3) is 5.69 Å². The minimum absolute atomic E-state index is 0.0393. The van der Waals surface area contributed by atoms with Crippen LogP contribution in [0.25, 0.3) is 0 Å². The van der Waals surface area contributed by atoms with E-state index < -0.39 is 12.2 Å². The van der Waals surface area contributed by atoms with Crippen molar-refractivity contribution in [3.63, 3.8) is 0 Å². The summed E-state index contributed by atoms with van der Waals surface area (Å²) in [5, 5.41) is 13.5. The number of nitrogens with zero attached hydrogens (tertiary/aromatic N) is 2. The topological polar surface area (TPSA) is 81.1 Å².